The van der Waals surface area contributed by atoms with Gasteiger partial charge in [0.2, 0.25) is 0 Å². The highest BCUT2D eigenvalue weighted by Gasteiger charge is 2.07. The van der Waals surface area contributed by atoms with Crippen molar-refractivity contribution in [2.24, 2.45) is 7.05 Å². The molecule has 2 heterocycles. The van der Waals surface area contributed by atoms with E-state index in [0.717, 1.165) is 4.47 Å². The number of carbonyl (C=O) groups excluding carboxylic acids is 1. The van der Waals surface area contributed by atoms with Gasteiger partial charge < -0.3 is 5.32 Å². The normalized spacial score (nSPS) is 10.2. The zero-order valence-electron chi connectivity index (χ0n) is 9.09. The van der Waals surface area contributed by atoms with Crippen LogP contribution in [0.4, 0.5) is 0 Å². The van der Waals surface area contributed by atoms with E-state index in [2.05, 4.69) is 36.3 Å². The van der Waals surface area contributed by atoms with E-state index in [1.165, 1.54) is 0 Å². The fourth-order valence-electron chi connectivity index (χ4n) is 1.22. The molecule has 0 saturated heterocycles. The zero-order valence-corrected chi connectivity index (χ0v) is 10.7. The largest absolute Gasteiger partial charge is 0.343 e. The molecule has 0 aromatic carbocycles. The number of nitrogens with one attached hydrogen (secondary N) is 1. The van der Waals surface area contributed by atoms with Crippen molar-refractivity contribution in [1.82, 2.24) is 25.1 Å². The molecule has 0 spiro atoms. The predicted octanol–water partition coefficient (Wildman–Crippen LogP) is 0.903. The number of aromatic nitrogens is 4. The molecule has 0 unspecified atom stereocenters. The standard InChI is InChI=1S/C10H10BrN5O/c1-16-6-14-9(15-16)5-13-10(17)8-3-2-7(11)4-12-8/h2-4,6H,5H2,1H3,(H,13,17). The van der Waals surface area contributed by atoms with Gasteiger partial charge in [0.05, 0.1) is 6.54 Å². The summed E-state index contributed by atoms with van der Waals surface area (Å²) < 4.78 is 2.42. The Balaban J connectivity index is 1.95. The minimum atomic E-state index is -0.245. The predicted molar refractivity (Wildman–Crippen MR) is 64.1 cm³/mol. The van der Waals surface area contributed by atoms with Crippen LogP contribution in [-0.4, -0.2) is 25.7 Å². The Morgan fingerprint density at radius 2 is 2.29 bits per heavy atom. The highest BCUT2D eigenvalue weighted by Crippen LogP contribution is 2.07. The van der Waals surface area contributed by atoms with Gasteiger partial charge in [-0.05, 0) is 28.1 Å². The Hall–Kier alpha value is -1.76. The summed E-state index contributed by atoms with van der Waals surface area (Å²) in [6.45, 7) is 0.289. The topological polar surface area (TPSA) is 72.7 Å². The molecule has 0 bridgehead atoms. The quantitative estimate of drug-likeness (QED) is 0.913. The molecule has 2 aromatic heterocycles. The van der Waals surface area contributed by atoms with Gasteiger partial charge in [-0.3, -0.25) is 9.48 Å². The van der Waals surface area contributed by atoms with E-state index in [1.807, 2.05) is 0 Å². The van der Waals surface area contributed by atoms with Gasteiger partial charge >= 0.3 is 0 Å². The van der Waals surface area contributed by atoms with E-state index in [9.17, 15) is 4.79 Å². The van der Waals surface area contributed by atoms with E-state index < -0.39 is 0 Å². The summed E-state index contributed by atoms with van der Waals surface area (Å²) >= 11 is 3.26. The van der Waals surface area contributed by atoms with Gasteiger partial charge in [0.15, 0.2) is 5.82 Å². The lowest BCUT2D eigenvalue weighted by molar-refractivity contribution is 0.0945. The monoisotopic (exact) mass is 295 g/mol. The molecule has 17 heavy (non-hydrogen) atoms. The molecule has 2 rings (SSSR count). The number of nitrogens with zero attached hydrogens (tertiary/aromatic N) is 4. The van der Waals surface area contributed by atoms with Crippen molar-refractivity contribution in [2.45, 2.75) is 6.54 Å². The van der Waals surface area contributed by atoms with Gasteiger partial charge in [-0.25, -0.2) is 9.97 Å². The smallest absolute Gasteiger partial charge is 0.270 e. The van der Waals surface area contributed by atoms with Crippen molar-refractivity contribution in [1.29, 1.82) is 0 Å². The maximum absolute atomic E-state index is 11.7. The molecule has 0 aliphatic carbocycles. The minimum absolute atomic E-state index is 0.245. The molecule has 2 aromatic rings. The number of aryl methyl sites for hydroxylation is 1. The number of carbonyl (C=O) groups is 1. The molecule has 1 amide bonds. The van der Waals surface area contributed by atoms with Crippen LogP contribution < -0.4 is 5.32 Å². The van der Waals surface area contributed by atoms with Crippen LogP contribution >= 0.6 is 15.9 Å². The number of rotatable bonds is 3. The second-order valence-electron chi connectivity index (χ2n) is 3.38. The summed E-state index contributed by atoms with van der Waals surface area (Å²) in [6, 6.07) is 3.41. The molecule has 0 fully saturated rings. The first-order chi connectivity index (χ1) is 8.15. The number of amides is 1. The lowest BCUT2D eigenvalue weighted by atomic mass is 10.3. The Morgan fingerprint density at radius 1 is 1.47 bits per heavy atom. The first-order valence-corrected chi connectivity index (χ1v) is 5.69. The summed E-state index contributed by atoms with van der Waals surface area (Å²) in [5.41, 5.74) is 0.365. The average molecular weight is 296 g/mol. The van der Waals surface area contributed by atoms with E-state index >= 15 is 0 Å². The SMILES string of the molecule is Cn1cnc(CNC(=O)c2ccc(Br)cn2)n1. The fraction of sp³-hybridized carbons (Fsp3) is 0.200. The number of hydrogen-bond acceptors (Lipinski definition) is 4. The summed E-state index contributed by atoms with van der Waals surface area (Å²) in [5.74, 6) is 0.322. The molecule has 0 aliphatic heterocycles. The Kier molecular flexibility index (Phi) is 3.48. The molecule has 0 saturated carbocycles. The summed E-state index contributed by atoms with van der Waals surface area (Å²) in [6.07, 6.45) is 3.16. The minimum Gasteiger partial charge on any atom is -0.343 e. The molecule has 88 valence electrons. The molecule has 1 N–H and O–H groups in total. The van der Waals surface area contributed by atoms with Crippen molar-refractivity contribution in [3.8, 4) is 0 Å². The highest BCUT2D eigenvalue weighted by atomic mass is 79.9. The van der Waals surface area contributed by atoms with E-state index in [-0.39, 0.29) is 12.5 Å². The van der Waals surface area contributed by atoms with Gasteiger partial charge in [-0.1, -0.05) is 0 Å². The molecule has 0 atom stereocenters. The van der Waals surface area contributed by atoms with Gasteiger partial charge in [-0.2, -0.15) is 5.10 Å². The van der Waals surface area contributed by atoms with Crippen molar-refractivity contribution in [3.05, 3.63) is 40.6 Å². The van der Waals surface area contributed by atoms with Crippen LogP contribution in [0.5, 0.6) is 0 Å². The van der Waals surface area contributed by atoms with Crippen LogP contribution in [0, 0.1) is 0 Å². The van der Waals surface area contributed by atoms with Crippen molar-refractivity contribution >= 4 is 21.8 Å². The number of pyridine rings is 1. The Bertz CT molecular complexity index is 522. The van der Waals surface area contributed by atoms with Crippen LogP contribution in [0.25, 0.3) is 0 Å². The Labute approximate surface area is 106 Å². The third kappa shape index (κ3) is 3.10. The fourth-order valence-corrected chi connectivity index (χ4v) is 1.46. The van der Waals surface area contributed by atoms with Gasteiger partial charge in [0, 0.05) is 17.7 Å². The average Bonchev–Trinajstić information content (AvgIpc) is 2.73. The third-order valence-electron chi connectivity index (χ3n) is 2.01. The van der Waals surface area contributed by atoms with Gasteiger partial charge in [0.1, 0.15) is 12.0 Å². The van der Waals surface area contributed by atoms with Crippen LogP contribution in [0.2, 0.25) is 0 Å². The molecular formula is C10H10BrN5O. The van der Waals surface area contributed by atoms with Gasteiger partial charge in [-0.15, -0.1) is 0 Å². The lowest BCUT2D eigenvalue weighted by Crippen LogP contribution is -2.24. The Morgan fingerprint density at radius 3 is 2.88 bits per heavy atom. The van der Waals surface area contributed by atoms with E-state index in [1.54, 1.807) is 36.4 Å². The first-order valence-electron chi connectivity index (χ1n) is 4.89. The zero-order chi connectivity index (χ0) is 12.3. The van der Waals surface area contributed by atoms with Crippen LogP contribution in [0.3, 0.4) is 0 Å². The van der Waals surface area contributed by atoms with Crippen molar-refractivity contribution in [2.75, 3.05) is 0 Å². The summed E-state index contributed by atoms with van der Waals surface area (Å²) in [4.78, 5) is 19.7. The van der Waals surface area contributed by atoms with Crippen molar-refractivity contribution < 1.29 is 4.79 Å². The molecular weight excluding hydrogens is 286 g/mol. The molecule has 0 aliphatic rings. The maximum Gasteiger partial charge on any atom is 0.270 e. The van der Waals surface area contributed by atoms with E-state index in [4.69, 9.17) is 0 Å². The van der Waals surface area contributed by atoms with Crippen LogP contribution in [0.1, 0.15) is 16.3 Å². The molecule has 6 nitrogen and oxygen atoms in total. The molecule has 7 heteroatoms. The van der Waals surface area contributed by atoms with Gasteiger partial charge in [0.25, 0.3) is 5.91 Å². The first kappa shape index (κ1) is 11.7. The van der Waals surface area contributed by atoms with Crippen molar-refractivity contribution in [3.63, 3.8) is 0 Å². The highest BCUT2D eigenvalue weighted by molar-refractivity contribution is 9.10. The second kappa shape index (κ2) is 5.05. The number of halogens is 1. The maximum atomic E-state index is 11.7. The second-order valence-corrected chi connectivity index (χ2v) is 4.29. The van der Waals surface area contributed by atoms with E-state index in [0.29, 0.717) is 11.5 Å². The summed E-state index contributed by atoms with van der Waals surface area (Å²) in [7, 11) is 1.77. The molecule has 0 radical (unpaired) electrons. The van der Waals surface area contributed by atoms with Crippen LogP contribution in [0.15, 0.2) is 29.1 Å². The third-order valence-corrected chi connectivity index (χ3v) is 2.48. The summed E-state index contributed by atoms with van der Waals surface area (Å²) in [5, 5.41) is 6.75. The van der Waals surface area contributed by atoms with Crippen LogP contribution in [-0.2, 0) is 13.6 Å². The lowest BCUT2D eigenvalue weighted by Gasteiger charge is -2.01. The number of hydrogen-bond donors (Lipinski definition) is 1.